The molecule has 0 saturated heterocycles. The summed E-state index contributed by atoms with van der Waals surface area (Å²) in [6.07, 6.45) is 3.97. The number of fused-ring (bicyclic) bond motifs is 1. The van der Waals surface area contributed by atoms with Crippen molar-refractivity contribution in [3.8, 4) is 34.5 Å². The first-order chi connectivity index (χ1) is 17.5. The van der Waals surface area contributed by atoms with Crippen LogP contribution < -0.4 is 9.47 Å². The summed E-state index contributed by atoms with van der Waals surface area (Å²) in [6, 6.07) is 20.6. The van der Waals surface area contributed by atoms with Crippen LogP contribution in [-0.2, 0) is 11.2 Å². The van der Waals surface area contributed by atoms with Gasteiger partial charge in [-0.1, -0.05) is 61.2 Å². The molecule has 3 aromatic carbocycles. The maximum absolute atomic E-state index is 11.2. The van der Waals surface area contributed by atoms with Crippen LogP contribution in [0.15, 0.2) is 60.7 Å². The van der Waals surface area contributed by atoms with Crippen molar-refractivity contribution in [3.05, 3.63) is 82.9 Å². The van der Waals surface area contributed by atoms with Crippen molar-refractivity contribution < 1.29 is 19.4 Å². The maximum atomic E-state index is 11.2. The Morgan fingerprint density at radius 2 is 1.92 bits per heavy atom. The largest absolute Gasteiger partial charge is 0.493 e. The molecule has 0 heterocycles. The number of hydrogen-bond donors (Lipinski definition) is 1. The molecule has 36 heavy (non-hydrogen) atoms. The number of unbranched alkanes of at least 4 members (excludes halogenated alkanes) is 1. The highest BCUT2D eigenvalue weighted by Crippen LogP contribution is 2.42. The van der Waals surface area contributed by atoms with E-state index in [1.807, 2.05) is 24.3 Å². The molecule has 0 radical (unpaired) electrons. The fraction of sp³-hybridized carbons (Fsp3) is 0.344. The Morgan fingerprint density at radius 3 is 2.64 bits per heavy atom. The highest BCUT2D eigenvalue weighted by molar-refractivity contribution is 5.76. The minimum absolute atomic E-state index is 0.0110. The number of benzene rings is 3. The number of carboxylic acid groups (broad SMARTS) is 1. The van der Waals surface area contributed by atoms with Gasteiger partial charge in [-0.3, -0.25) is 4.79 Å². The summed E-state index contributed by atoms with van der Waals surface area (Å²) in [5.74, 6) is 6.39. The van der Waals surface area contributed by atoms with Crippen molar-refractivity contribution in [2.45, 2.75) is 64.9 Å². The van der Waals surface area contributed by atoms with E-state index in [1.165, 1.54) is 22.3 Å². The summed E-state index contributed by atoms with van der Waals surface area (Å²) in [6.45, 7) is 6.74. The average molecular weight is 483 g/mol. The summed E-state index contributed by atoms with van der Waals surface area (Å²) in [5.41, 5.74) is 7.02. The molecular formula is C32H34O4. The third-order valence-electron chi connectivity index (χ3n) is 6.65. The van der Waals surface area contributed by atoms with E-state index < -0.39 is 5.97 Å². The lowest BCUT2D eigenvalue weighted by Crippen LogP contribution is -2.06. The van der Waals surface area contributed by atoms with Crippen molar-refractivity contribution in [1.82, 2.24) is 0 Å². The number of hydrogen-bond acceptors (Lipinski definition) is 3. The van der Waals surface area contributed by atoms with Gasteiger partial charge in [0.1, 0.15) is 17.6 Å². The molecule has 4 heteroatoms. The van der Waals surface area contributed by atoms with E-state index in [2.05, 4.69) is 62.1 Å². The van der Waals surface area contributed by atoms with E-state index in [-0.39, 0.29) is 18.4 Å². The molecule has 1 N–H and O–H groups in total. The van der Waals surface area contributed by atoms with Crippen molar-refractivity contribution in [3.63, 3.8) is 0 Å². The lowest BCUT2D eigenvalue weighted by molar-refractivity contribution is -0.137. The van der Waals surface area contributed by atoms with Crippen LogP contribution >= 0.6 is 0 Å². The third kappa shape index (κ3) is 5.91. The Labute approximate surface area is 214 Å². The van der Waals surface area contributed by atoms with Crippen LogP contribution in [-0.4, -0.2) is 17.7 Å². The van der Waals surface area contributed by atoms with Gasteiger partial charge in [0.15, 0.2) is 0 Å². The van der Waals surface area contributed by atoms with Crippen molar-refractivity contribution in [2.24, 2.45) is 0 Å². The molecule has 4 rings (SSSR count). The zero-order valence-electron chi connectivity index (χ0n) is 21.3. The Kier molecular flexibility index (Phi) is 8.33. The van der Waals surface area contributed by atoms with Gasteiger partial charge in [0.05, 0.1) is 18.9 Å². The number of rotatable bonds is 10. The van der Waals surface area contributed by atoms with Gasteiger partial charge in [0.2, 0.25) is 0 Å². The van der Waals surface area contributed by atoms with E-state index in [0.29, 0.717) is 0 Å². The van der Waals surface area contributed by atoms with E-state index in [0.717, 1.165) is 54.9 Å². The predicted octanol–water partition coefficient (Wildman–Crippen LogP) is 7.49. The summed E-state index contributed by atoms with van der Waals surface area (Å²) in [7, 11) is 0. The fourth-order valence-electron chi connectivity index (χ4n) is 4.84. The van der Waals surface area contributed by atoms with Crippen LogP contribution in [0.3, 0.4) is 0 Å². The van der Waals surface area contributed by atoms with Crippen LogP contribution in [0.2, 0.25) is 0 Å². The van der Waals surface area contributed by atoms with E-state index in [9.17, 15) is 9.90 Å². The van der Waals surface area contributed by atoms with Crippen molar-refractivity contribution in [2.75, 3.05) is 6.61 Å². The van der Waals surface area contributed by atoms with Crippen LogP contribution in [0, 0.1) is 18.8 Å². The quantitative estimate of drug-likeness (QED) is 0.240. The second-order valence-corrected chi connectivity index (χ2v) is 9.33. The third-order valence-corrected chi connectivity index (χ3v) is 6.65. The zero-order valence-corrected chi connectivity index (χ0v) is 21.3. The van der Waals surface area contributed by atoms with Gasteiger partial charge in [-0.05, 0) is 79.6 Å². The second kappa shape index (κ2) is 11.8. The molecule has 1 aliphatic carbocycles. The van der Waals surface area contributed by atoms with Gasteiger partial charge in [0, 0.05) is 5.56 Å². The van der Waals surface area contributed by atoms with Gasteiger partial charge < -0.3 is 14.6 Å². The molecule has 0 spiro atoms. The Hall–Kier alpha value is -3.71. The standard InChI is InChI=1S/C32H34O4/c1-4-6-19-35-30-17-11-22(3)20-29(30)26-9-7-10-28-27(26)16-18-31(28)36-25-14-12-23(13-15-25)24(8-5-2)21-32(33)34/h7,9-15,17,20,24,31H,4,6,16,18-19,21H2,1-3H3,(H,33,34). The summed E-state index contributed by atoms with van der Waals surface area (Å²) >= 11 is 0. The van der Waals surface area contributed by atoms with Gasteiger partial charge in [-0.15, -0.1) is 5.92 Å². The highest BCUT2D eigenvalue weighted by atomic mass is 16.5. The number of carboxylic acids is 1. The lowest BCUT2D eigenvalue weighted by atomic mass is 9.95. The Morgan fingerprint density at radius 1 is 1.11 bits per heavy atom. The minimum Gasteiger partial charge on any atom is -0.493 e. The molecule has 3 aromatic rings. The van der Waals surface area contributed by atoms with Crippen LogP contribution in [0.1, 0.15) is 73.8 Å². The molecular weight excluding hydrogens is 448 g/mol. The maximum Gasteiger partial charge on any atom is 0.304 e. The number of carbonyl (C=O) groups is 1. The van der Waals surface area contributed by atoms with E-state index >= 15 is 0 Å². The van der Waals surface area contributed by atoms with Crippen molar-refractivity contribution >= 4 is 5.97 Å². The average Bonchev–Trinajstić information content (AvgIpc) is 3.28. The molecule has 4 nitrogen and oxygen atoms in total. The Bertz CT molecular complexity index is 1260. The molecule has 0 aromatic heterocycles. The molecule has 0 saturated carbocycles. The lowest BCUT2D eigenvalue weighted by Gasteiger charge is -2.18. The molecule has 0 fully saturated rings. The second-order valence-electron chi connectivity index (χ2n) is 9.33. The normalized spacial score (nSPS) is 14.9. The number of ether oxygens (including phenoxy) is 2. The van der Waals surface area contributed by atoms with E-state index in [1.54, 1.807) is 6.92 Å². The monoisotopic (exact) mass is 482 g/mol. The van der Waals surface area contributed by atoms with Gasteiger partial charge in [-0.2, -0.15) is 0 Å². The molecule has 0 bridgehead atoms. The molecule has 0 aliphatic heterocycles. The molecule has 2 unspecified atom stereocenters. The van der Waals surface area contributed by atoms with Gasteiger partial charge in [-0.25, -0.2) is 0 Å². The number of aliphatic carboxylic acids is 1. The summed E-state index contributed by atoms with van der Waals surface area (Å²) in [4.78, 5) is 11.2. The van der Waals surface area contributed by atoms with Crippen LogP contribution in [0.5, 0.6) is 11.5 Å². The number of aryl methyl sites for hydroxylation is 1. The first kappa shape index (κ1) is 25.4. The Balaban J connectivity index is 1.56. The molecule has 0 amide bonds. The van der Waals surface area contributed by atoms with Crippen molar-refractivity contribution in [1.29, 1.82) is 0 Å². The summed E-state index contributed by atoms with van der Waals surface area (Å²) < 4.78 is 12.6. The summed E-state index contributed by atoms with van der Waals surface area (Å²) in [5, 5.41) is 9.20. The zero-order chi connectivity index (χ0) is 25.5. The van der Waals surface area contributed by atoms with E-state index in [4.69, 9.17) is 9.47 Å². The van der Waals surface area contributed by atoms with Gasteiger partial charge >= 0.3 is 5.97 Å². The van der Waals surface area contributed by atoms with Crippen LogP contribution in [0.25, 0.3) is 11.1 Å². The minimum atomic E-state index is -0.853. The smallest absolute Gasteiger partial charge is 0.304 e. The van der Waals surface area contributed by atoms with Gasteiger partial charge in [0.25, 0.3) is 0 Å². The van der Waals surface area contributed by atoms with Crippen LogP contribution in [0.4, 0.5) is 0 Å². The fourth-order valence-corrected chi connectivity index (χ4v) is 4.84. The molecule has 2 atom stereocenters. The highest BCUT2D eigenvalue weighted by Gasteiger charge is 2.27. The predicted molar refractivity (Wildman–Crippen MR) is 144 cm³/mol. The SMILES string of the molecule is CC#CC(CC(=O)O)c1ccc(OC2CCc3c(-c4cc(C)ccc4OCCCC)cccc32)cc1. The molecule has 1 aliphatic rings. The first-order valence-corrected chi connectivity index (χ1v) is 12.8. The molecule has 186 valence electrons. The first-order valence-electron chi connectivity index (χ1n) is 12.8. The topological polar surface area (TPSA) is 55.8 Å².